The van der Waals surface area contributed by atoms with Gasteiger partial charge in [-0.25, -0.2) is 0 Å². The Morgan fingerprint density at radius 1 is 0.561 bits per heavy atom. The van der Waals surface area contributed by atoms with Crippen molar-refractivity contribution in [1.82, 2.24) is 0 Å². The molecule has 0 nitrogen and oxygen atoms in total. The van der Waals surface area contributed by atoms with Gasteiger partial charge in [0.2, 0.25) is 0 Å². The number of halogens is 6. The van der Waals surface area contributed by atoms with Crippen molar-refractivity contribution in [1.29, 1.82) is 0 Å². The van der Waals surface area contributed by atoms with Crippen molar-refractivity contribution in [3.05, 3.63) is 57.6 Å². The predicted molar refractivity (Wildman–Crippen MR) is 153 cm³/mol. The number of benzene rings is 2. The maximum Gasteiger partial charge on any atom is 0.416 e. The highest BCUT2D eigenvalue weighted by Crippen LogP contribution is 2.46. The van der Waals surface area contributed by atoms with E-state index in [0.29, 0.717) is 9.79 Å². The first-order valence-electron chi connectivity index (χ1n) is 14.1. The van der Waals surface area contributed by atoms with Crippen LogP contribution in [0.25, 0.3) is 0 Å². The number of hydrogen-bond donors (Lipinski definition) is 0. The van der Waals surface area contributed by atoms with E-state index >= 15 is 0 Å². The zero-order valence-corrected chi connectivity index (χ0v) is 25.2. The summed E-state index contributed by atoms with van der Waals surface area (Å²) in [5.74, 6) is 12.6. The van der Waals surface area contributed by atoms with Gasteiger partial charge in [0.05, 0.1) is 11.1 Å². The van der Waals surface area contributed by atoms with Gasteiger partial charge < -0.3 is 0 Å². The van der Waals surface area contributed by atoms with Gasteiger partial charge in [-0.2, -0.15) is 26.3 Å². The molecule has 0 aromatic heterocycles. The Hall–Kier alpha value is -2.51. The summed E-state index contributed by atoms with van der Waals surface area (Å²) >= 11 is 1.15. The van der Waals surface area contributed by atoms with Gasteiger partial charge in [0.25, 0.3) is 0 Å². The molecule has 0 atom stereocenters. The summed E-state index contributed by atoms with van der Waals surface area (Å²) in [6, 6.07) is 5.28. The summed E-state index contributed by atoms with van der Waals surface area (Å²) in [5, 5.41) is 0. The van der Waals surface area contributed by atoms with E-state index in [-0.39, 0.29) is 34.1 Å². The van der Waals surface area contributed by atoms with E-state index < -0.39 is 34.3 Å². The fourth-order valence-electron chi connectivity index (χ4n) is 4.82. The molecule has 2 aromatic rings. The van der Waals surface area contributed by atoms with Gasteiger partial charge in [0, 0.05) is 32.8 Å². The van der Waals surface area contributed by atoms with E-state index in [4.69, 9.17) is 0 Å². The summed E-state index contributed by atoms with van der Waals surface area (Å²) < 4.78 is 85.4. The Balaban J connectivity index is 1.95. The topological polar surface area (TPSA) is 0 Å². The van der Waals surface area contributed by atoms with E-state index in [1.54, 1.807) is 41.5 Å². The third kappa shape index (κ3) is 7.47. The molecule has 220 valence electrons. The Morgan fingerprint density at radius 2 is 0.902 bits per heavy atom. The fourth-order valence-corrected chi connectivity index (χ4v) is 5.85. The molecule has 0 heterocycles. The molecule has 2 aromatic carbocycles. The predicted octanol–water partition coefficient (Wildman–Crippen LogP) is 10.8. The van der Waals surface area contributed by atoms with E-state index in [1.807, 2.05) is 0 Å². The lowest BCUT2D eigenvalue weighted by Crippen LogP contribution is -2.20. The molecule has 4 rings (SSSR count). The quantitative estimate of drug-likeness (QED) is 0.248. The normalized spacial score (nSPS) is 16.7. The second kappa shape index (κ2) is 11.3. The molecule has 7 heteroatoms. The molecule has 2 fully saturated rings. The zero-order valence-electron chi connectivity index (χ0n) is 24.4. The highest BCUT2D eigenvalue weighted by molar-refractivity contribution is 7.99. The number of rotatable bonds is 2. The first-order valence-corrected chi connectivity index (χ1v) is 14.9. The molecule has 0 saturated heterocycles. The van der Waals surface area contributed by atoms with Gasteiger partial charge in [-0.3, -0.25) is 0 Å². The molecule has 0 spiro atoms. The van der Waals surface area contributed by atoms with Crippen LogP contribution >= 0.6 is 11.8 Å². The fraction of sp³-hybridized carbons (Fsp3) is 0.529. The van der Waals surface area contributed by atoms with Crippen molar-refractivity contribution in [2.24, 2.45) is 11.8 Å². The highest BCUT2D eigenvalue weighted by Gasteiger charge is 2.39. The second-order valence-corrected chi connectivity index (χ2v) is 14.3. The third-order valence-corrected chi connectivity index (χ3v) is 8.83. The van der Waals surface area contributed by atoms with Gasteiger partial charge in [-0.1, -0.05) is 89.8 Å². The van der Waals surface area contributed by atoms with Crippen molar-refractivity contribution in [3.8, 4) is 23.7 Å². The first kappa shape index (κ1) is 31.4. The van der Waals surface area contributed by atoms with Gasteiger partial charge in [0.1, 0.15) is 0 Å². The Morgan fingerprint density at radius 3 is 1.15 bits per heavy atom. The van der Waals surface area contributed by atoms with Gasteiger partial charge in [-0.15, -0.1) is 0 Å². The Kier molecular flexibility index (Phi) is 8.65. The molecular weight excluding hydrogens is 554 g/mol. The van der Waals surface area contributed by atoms with Crippen LogP contribution in [-0.4, -0.2) is 0 Å². The standard InChI is InChI=1S/C34H36F6S/c1-31(2,3)25-19-29(23(15-13-21-9-7-10-21)17-27(25)33(35,36)37)41-30-20-26(32(4,5)6)28(34(38,39)40)18-24(30)16-14-22-11-8-12-22/h17-22H,7-12H2,1-6H3. The van der Waals surface area contributed by atoms with E-state index in [9.17, 15) is 26.3 Å². The van der Waals surface area contributed by atoms with E-state index in [0.717, 1.165) is 62.4 Å². The van der Waals surface area contributed by atoms with Crippen LogP contribution in [0.2, 0.25) is 0 Å². The van der Waals surface area contributed by atoms with Crippen LogP contribution in [-0.2, 0) is 23.2 Å². The van der Waals surface area contributed by atoms with Crippen LogP contribution in [0.15, 0.2) is 34.1 Å². The van der Waals surface area contributed by atoms with Crippen molar-refractivity contribution >= 4 is 11.8 Å². The van der Waals surface area contributed by atoms with Crippen molar-refractivity contribution in [3.63, 3.8) is 0 Å². The zero-order chi connectivity index (χ0) is 30.4. The van der Waals surface area contributed by atoms with Crippen LogP contribution < -0.4 is 0 Å². The smallest absolute Gasteiger partial charge is 0.166 e. The molecule has 41 heavy (non-hydrogen) atoms. The maximum absolute atomic E-state index is 14.2. The highest BCUT2D eigenvalue weighted by atomic mass is 32.2. The maximum atomic E-state index is 14.2. The summed E-state index contributed by atoms with van der Waals surface area (Å²) in [5.41, 5.74) is -2.43. The SMILES string of the molecule is CC(C)(C)c1cc(Sc2cc(C(C)(C)C)c(C(F)(F)F)cc2C#CC2CCC2)c(C#CC2CCC2)cc1C(F)(F)F. The van der Waals surface area contributed by atoms with Gasteiger partial charge in [0.15, 0.2) is 0 Å². The third-order valence-electron chi connectivity index (χ3n) is 7.72. The first-order chi connectivity index (χ1) is 18.8. The molecule has 0 unspecified atom stereocenters. The second-order valence-electron chi connectivity index (χ2n) is 13.2. The lowest BCUT2D eigenvalue weighted by molar-refractivity contribution is -0.139. The summed E-state index contributed by atoms with van der Waals surface area (Å²) in [6.07, 6.45) is -3.42. The van der Waals surface area contributed by atoms with Gasteiger partial charge >= 0.3 is 12.4 Å². The monoisotopic (exact) mass is 590 g/mol. The molecule has 2 aliphatic carbocycles. The Bertz CT molecular complexity index is 1310. The van der Waals surface area contributed by atoms with Crippen LogP contribution in [0, 0.1) is 35.5 Å². The van der Waals surface area contributed by atoms with Crippen LogP contribution in [0.5, 0.6) is 0 Å². The summed E-state index contributed by atoms with van der Waals surface area (Å²) in [7, 11) is 0. The molecule has 0 amide bonds. The summed E-state index contributed by atoms with van der Waals surface area (Å²) in [6.45, 7) is 10.3. The van der Waals surface area contributed by atoms with Crippen LogP contribution in [0.4, 0.5) is 26.3 Å². The molecule has 2 aliphatic rings. The lowest BCUT2D eigenvalue weighted by atomic mass is 9.82. The number of hydrogen-bond acceptors (Lipinski definition) is 1. The van der Waals surface area contributed by atoms with Crippen molar-refractivity contribution < 1.29 is 26.3 Å². The van der Waals surface area contributed by atoms with Gasteiger partial charge in [-0.05, 0) is 71.9 Å². The Labute approximate surface area is 244 Å². The minimum Gasteiger partial charge on any atom is -0.166 e. The number of alkyl halides is 6. The average Bonchev–Trinajstić information content (AvgIpc) is 2.75. The molecule has 0 N–H and O–H groups in total. The van der Waals surface area contributed by atoms with Crippen molar-refractivity contribution in [2.75, 3.05) is 0 Å². The molecular formula is C34H36F6S. The minimum absolute atomic E-state index is 0.117. The molecule has 0 aliphatic heterocycles. The van der Waals surface area contributed by atoms with Crippen LogP contribution in [0.1, 0.15) is 113 Å². The molecule has 0 bridgehead atoms. The van der Waals surface area contributed by atoms with Crippen molar-refractivity contribution in [2.45, 2.75) is 113 Å². The van der Waals surface area contributed by atoms with E-state index in [1.165, 1.54) is 12.1 Å². The summed E-state index contributed by atoms with van der Waals surface area (Å²) in [4.78, 5) is 0.974. The molecule has 2 saturated carbocycles. The van der Waals surface area contributed by atoms with E-state index in [2.05, 4.69) is 23.7 Å². The largest absolute Gasteiger partial charge is 0.416 e. The minimum atomic E-state index is -4.58. The lowest BCUT2D eigenvalue weighted by Gasteiger charge is -2.27. The molecule has 0 radical (unpaired) electrons. The van der Waals surface area contributed by atoms with Crippen LogP contribution in [0.3, 0.4) is 0 Å². The average molecular weight is 591 g/mol.